The van der Waals surface area contributed by atoms with Gasteiger partial charge in [0, 0.05) is 23.8 Å². The zero-order valence-electron chi connectivity index (χ0n) is 13.7. The van der Waals surface area contributed by atoms with Crippen LogP contribution in [-0.2, 0) is 17.9 Å². The van der Waals surface area contributed by atoms with Crippen molar-refractivity contribution in [2.75, 3.05) is 0 Å². The zero-order valence-corrected chi connectivity index (χ0v) is 15.4. The highest BCUT2D eigenvalue weighted by Crippen LogP contribution is 2.33. The summed E-state index contributed by atoms with van der Waals surface area (Å²) in [6, 6.07) is 13.8. The number of thiophene rings is 1. The maximum absolute atomic E-state index is 12.6. The molecular formula is C19H15N3O2S2. The van der Waals surface area contributed by atoms with E-state index in [0.29, 0.717) is 17.3 Å². The normalized spacial score (nSPS) is 16.0. The number of benzene rings is 1. The van der Waals surface area contributed by atoms with Gasteiger partial charge in [-0.3, -0.25) is 14.5 Å². The highest BCUT2D eigenvalue weighted by molar-refractivity contribution is 8.18. The van der Waals surface area contributed by atoms with E-state index in [0.717, 1.165) is 22.2 Å². The summed E-state index contributed by atoms with van der Waals surface area (Å²) < 4.78 is 1.96. The van der Waals surface area contributed by atoms with E-state index in [1.165, 1.54) is 16.2 Å². The number of amides is 2. The maximum Gasteiger partial charge on any atom is 0.293 e. The molecule has 130 valence electrons. The van der Waals surface area contributed by atoms with Gasteiger partial charge in [-0.2, -0.15) is 0 Å². The van der Waals surface area contributed by atoms with Crippen molar-refractivity contribution in [3.63, 3.8) is 0 Å². The summed E-state index contributed by atoms with van der Waals surface area (Å²) >= 11 is 2.51. The standard InChI is InChI=1S/C19H15N3O2S2/c23-18-16(11-15-7-4-10-25-15)26-19(24)22(18)13-17-20-8-9-21(17)12-14-5-2-1-3-6-14/h1-11H,12-13H2/b16-11-. The highest BCUT2D eigenvalue weighted by atomic mass is 32.2. The van der Waals surface area contributed by atoms with Crippen molar-refractivity contribution in [1.82, 2.24) is 14.5 Å². The first kappa shape index (κ1) is 16.8. The molecule has 4 rings (SSSR count). The van der Waals surface area contributed by atoms with E-state index in [1.807, 2.05) is 58.6 Å². The van der Waals surface area contributed by atoms with Gasteiger partial charge in [-0.05, 0) is 34.8 Å². The van der Waals surface area contributed by atoms with Crippen molar-refractivity contribution in [3.05, 3.63) is 81.4 Å². The second-order valence-electron chi connectivity index (χ2n) is 5.74. The Morgan fingerprint density at radius 3 is 2.65 bits per heavy atom. The Labute approximate surface area is 159 Å². The van der Waals surface area contributed by atoms with Crippen molar-refractivity contribution >= 4 is 40.3 Å². The first-order valence-electron chi connectivity index (χ1n) is 8.03. The minimum atomic E-state index is -0.261. The molecule has 0 bridgehead atoms. The lowest BCUT2D eigenvalue weighted by Gasteiger charge is -2.14. The maximum atomic E-state index is 12.6. The van der Waals surface area contributed by atoms with Crippen LogP contribution < -0.4 is 0 Å². The number of imide groups is 1. The van der Waals surface area contributed by atoms with Crippen LogP contribution >= 0.6 is 23.1 Å². The van der Waals surface area contributed by atoms with Gasteiger partial charge >= 0.3 is 0 Å². The van der Waals surface area contributed by atoms with Gasteiger partial charge in [0.15, 0.2) is 0 Å². The minimum Gasteiger partial charge on any atom is -0.329 e. The first-order valence-corrected chi connectivity index (χ1v) is 9.73. The molecule has 0 spiro atoms. The molecule has 1 fully saturated rings. The van der Waals surface area contributed by atoms with E-state index in [2.05, 4.69) is 4.98 Å². The van der Waals surface area contributed by atoms with E-state index in [1.54, 1.807) is 12.3 Å². The van der Waals surface area contributed by atoms with Gasteiger partial charge in [0.2, 0.25) is 0 Å². The SMILES string of the molecule is O=C1S/C(=C\c2cccs2)C(=O)N1Cc1nccn1Cc1ccccc1. The molecule has 1 aromatic carbocycles. The molecule has 2 amide bonds. The monoisotopic (exact) mass is 381 g/mol. The number of imidazole rings is 1. The number of hydrogen-bond donors (Lipinski definition) is 0. The van der Waals surface area contributed by atoms with Gasteiger partial charge in [0.1, 0.15) is 5.82 Å². The minimum absolute atomic E-state index is 0.173. The summed E-state index contributed by atoms with van der Waals surface area (Å²) in [5.74, 6) is 0.427. The second kappa shape index (κ2) is 7.31. The Morgan fingerprint density at radius 2 is 1.88 bits per heavy atom. The van der Waals surface area contributed by atoms with Crippen LogP contribution in [0, 0.1) is 0 Å². The predicted molar refractivity (Wildman–Crippen MR) is 104 cm³/mol. The quantitative estimate of drug-likeness (QED) is 0.621. The van der Waals surface area contributed by atoms with Crippen LogP contribution in [0.3, 0.4) is 0 Å². The van der Waals surface area contributed by atoms with Gasteiger partial charge in [0.05, 0.1) is 11.4 Å². The van der Waals surface area contributed by atoms with Crippen molar-refractivity contribution in [2.45, 2.75) is 13.1 Å². The molecule has 3 aromatic rings. The summed E-state index contributed by atoms with van der Waals surface area (Å²) in [7, 11) is 0. The van der Waals surface area contributed by atoms with Gasteiger partial charge in [-0.25, -0.2) is 4.98 Å². The van der Waals surface area contributed by atoms with Crippen LogP contribution in [0.4, 0.5) is 4.79 Å². The molecule has 26 heavy (non-hydrogen) atoms. The van der Waals surface area contributed by atoms with Crippen LogP contribution in [0.5, 0.6) is 0 Å². The zero-order chi connectivity index (χ0) is 17.9. The molecular weight excluding hydrogens is 366 g/mol. The summed E-state index contributed by atoms with van der Waals surface area (Å²) in [5, 5.41) is 1.68. The van der Waals surface area contributed by atoms with Crippen molar-refractivity contribution < 1.29 is 9.59 Å². The smallest absolute Gasteiger partial charge is 0.293 e. The summed E-state index contributed by atoms with van der Waals surface area (Å²) in [4.78, 5) is 31.9. The molecule has 5 nitrogen and oxygen atoms in total. The van der Waals surface area contributed by atoms with Gasteiger partial charge in [0.25, 0.3) is 11.1 Å². The number of nitrogens with zero attached hydrogens (tertiary/aromatic N) is 3. The fraction of sp³-hybridized carbons (Fsp3) is 0.105. The Hall–Kier alpha value is -2.64. The van der Waals surface area contributed by atoms with Crippen LogP contribution in [0.1, 0.15) is 16.3 Å². The van der Waals surface area contributed by atoms with E-state index in [4.69, 9.17) is 0 Å². The largest absolute Gasteiger partial charge is 0.329 e. The number of thioether (sulfide) groups is 1. The summed E-state index contributed by atoms with van der Waals surface area (Å²) in [6.45, 7) is 0.823. The number of hydrogen-bond acceptors (Lipinski definition) is 5. The topological polar surface area (TPSA) is 55.2 Å². The number of carbonyl (C=O) groups excluding carboxylic acids is 2. The molecule has 0 aliphatic carbocycles. The highest BCUT2D eigenvalue weighted by Gasteiger charge is 2.35. The lowest BCUT2D eigenvalue weighted by molar-refractivity contribution is -0.123. The lowest BCUT2D eigenvalue weighted by Crippen LogP contribution is -2.29. The predicted octanol–water partition coefficient (Wildman–Crippen LogP) is 4.23. The third-order valence-corrected chi connectivity index (χ3v) is 5.71. The summed E-state index contributed by atoms with van der Waals surface area (Å²) in [6.07, 6.45) is 5.33. The Balaban J connectivity index is 1.52. The molecule has 0 unspecified atom stereocenters. The molecule has 1 aliphatic heterocycles. The Morgan fingerprint density at radius 1 is 1.04 bits per heavy atom. The number of rotatable bonds is 5. The molecule has 0 atom stereocenters. The van der Waals surface area contributed by atoms with Crippen molar-refractivity contribution in [3.8, 4) is 0 Å². The van der Waals surface area contributed by atoms with E-state index >= 15 is 0 Å². The molecule has 1 saturated heterocycles. The van der Waals surface area contributed by atoms with Crippen molar-refractivity contribution in [1.29, 1.82) is 0 Å². The van der Waals surface area contributed by atoms with E-state index < -0.39 is 0 Å². The average Bonchev–Trinajstić information content (AvgIpc) is 3.36. The molecule has 3 heterocycles. The fourth-order valence-corrected chi connectivity index (χ4v) is 4.26. The van der Waals surface area contributed by atoms with Crippen LogP contribution in [0.25, 0.3) is 6.08 Å². The van der Waals surface area contributed by atoms with Crippen LogP contribution in [0.2, 0.25) is 0 Å². The van der Waals surface area contributed by atoms with Gasteiger partial charge in [-0.1, -0.05) is 36.4 Å². The summed E-state index contributed by atoms with van der Waals surface area (Å²) in [5.41, 5.74) is 1.14. The van der Waals surface area contributed by atoms with Gasteiger partial charge < -0.3 is 4.57 Å². The Bertz CT molecular complexity index is 962. The molecule has 0 radical (unpaired) electrons. The third-order valence-electron chi connectivity index (χ3n) is 3.99. The number of aromatic nitrogens is 2. The third kappa shape index (κ3) is 3.49. The first-order chi connectivity index (χ1) is 12.7. The molecule has 2 aromatic heterocycles. The van der Waals surface area contributed by atoms with Gasteiger partial charge in [-0.15, -0.1) is 11.3 Å². The van der Waals surface area contributed by atoms with E-state index in [-0.39, 0.29) is 17.7 Å². The fourth-order valence-electron chi connectivity index (χ4n) is 2.70. The Kier molecular flexibility index (Phi) is 4.73. The molecule has 0 N–H and O–H groups in total. The lowest BCUT2D eigenvalue weighted by atomic mass is 10.2. The molecule has 1 aliphatic rings. The molecule has 7 heteroatoms. The van der Waals surface area contributed by atoms with Crippen LogP contribution in [-0.4, -0.2) is 25.6 Å². The van der Waals surface area contributed by atoms with E-state index in [9.17, 15) is 9.59 Å². The van der Waals surface area contributed by atoms with Crippen molar-refractivity contribution in [2.24, 2.45) is 0 Å². The molecule has 0 saturated carbocycles. The average molecular weight is 381 g/mol. The number of carbonyl (C=O) groups is 2. The second-order valence-corrected chi connectivity index (χ2v) is 7.71. The van der Waals surface area contributed by atoms with Crippen LogP contribution in [0.15, 0.2) is 65.1 Å².